The zero-order chi connectivity index (χ0) is 17.4. The summed E-state index contributed by atoms with van der Waals surface area (Å²) < 4.78 is 10.0. The van der Waals surface area contributed by atoms with E-state index < -0.39 is 11.9 Å². The maximum absolute atomic E-state index is 12.2. The monoisotopic (exact) mass is 343 g/mol. The highest BCUT2D eigenvalue weighted by molar-refractivity contribution is 7.98. The van der Waals surface area contributed by atoms with Crippen molar-refractivity contribution in [1.29, 1.82) is 0 Å². The quantitative estimate of drug-likeness (QED) is 0.559. The van der Waals surface area contributed by atoms with E-state index in [9.17, 15) is 9.59 Å². The van der Waals surface area contributed by atoms with Gasteiger partial charge in [-0.2, -0.15) is 0 Å². The molecule has 24 heavy (non-hydrogen) atoms. The average molecular weight is 343 g/mol. The second-order valence-corrected chi connectivity index (χ2v) is 5.86. The Kier molecular flexibility index (Phi) is 6.88. The average Bonchev–Trinajstić information content (AvgIpc) is 2.61. The Bertz CT molecular complexity index is 698. The third-order valence-corrected chi connectivity index (χ3v) is 4.21. The Morgan fingerprint density at radius 1 is 0.958 bits per heavy atom. The molecule has 0 N–H and O–H groups in total. The lowest BCUT2D eigenvalue weighted by molar-refractivity contribution is 0.0524. The lowest BCUT2D eigenvalue weighted by Gasteiger charge is -2.10. The molecule has 0 fully saturated rings. The fraction of sp³-hybridized carbons (Fsp3) is 0.263. The molecule has 0 unspecified atom stereocenters. The van der Waals surface area contributed by atoms with E-state index in [2.05, 4.69) is 6.07 Å². The molecule has 2 aromatic carbocycles. The summed E-state index contributed by atoms with van der Waals surface area (Å²) in [6.07, 6.45) is 0. The minimum Gasteiger partial charge on any atom is -0.462 e. The topological polar surface area (TPSA) is 52.6 Å². The predicted octanol–water partition coefficient (Wildman–Crippen LogP) is 4.13. The maximum atomic E-state index is 12.2. The van der Waals surface area contributed by atoms with Crippen molar-refractivity contribution in [3.63, 3.8) is 0 Å². The Morgan fingerprint density at radius 2 is 1.62 bits per heavy atom. The molecule has 4 nitrogen and oxygen atoms in total. The smallest absolute Gasteiger partial charge is 0.339 e. The second kappa shape index (κ2) is 9.13. The van der Waals surface area contributed by atoms with E-state index >= 15 is 0 Å². The van der Waals surface area contributed by atoms with Crippen molar-refractivity contribution in [3.05, 3.63) is 65.2 Å². The van der Waals surface area contributed by atoms with Gasteiger partial charge in [0.15, 0.2) is 0 Å². The van der Waals surface area contributed by atoms with Crippen LogP contribution in [-0.4, -0.2) is 25.2 Å². The first-order valence-corrected chi connectivity index (χ1v) is 8.71. The van der Waals surface area contributed by atoms with Crippen molar-refractivity contribution in [2.45, 2.75) is 24.5 Å². The van der Waals surface area contributed by atoms with Gasteiger partial charge in [0.05, 0.1) is 24.3 Å². The first-order chi connectivity index (χ1) is 11.7. The number of carbonyl (C=O) groups is 2. The van der Waals surface area contributed by atoms with Gasteiger partial charge < -0.3 is 9.47 Å². The predicted molar refractivity (Wildman–Crippen MR) is 93.2 cm³/mol. The van der Waals surface area contributed by atoms with Gasteiger partial charge in [-0.3, -0.25) is 0 Å². The highest BCUT2D eigenvalue weighted by Crippen LogP contribution is 2.25. The van der Waals surface area contributed by atoms with Crippen molar-refractivity contribution in [1.82, 2.24) is 0 Å². The molecular weight excluding hydrogens is 324 g/mol. The number of thioether (sulfide) groups is 1. The summed E-state index contributed by atoms with van der Waals surface area (Å²) in [7, 11) is 0. The van der Waals surface area contributed by atoms with Crippen LogP contribution in [0.15, 0.2) is 47.4 Å². The Balaban J connectivity index is 2.24. The molecule has 0 aliphatic rings. The van der Waals surface area contributed by atoms with Gasteiger partial charge in [-0.05, 0) is 37.6 Å². The molecule has 125 valence electrons. The molecule has 0 aromatic heterocycles. The van der Waals surface area contributed by atoms with Crippen molar-refractivity contribution in [3.8, 4) is 0 Å². The summed E-state index contributed by atoms with van der Waals surface area (Å²) in [4.78, 5) is 25.2. The second-order valence-electron chi connectivity index (χ2n) is 4.81. The van der Waals surface area contributed by atoms with Gasteiger partial charge in [0.25, 0.3) is 0 Å². The molecule has 2 aromatic rings. The first kappa shape index (κ1) is 18.1. The lowest BCUT2D eigenvalue weighted by Crippen LogP contribution is -2.12. The minimum atomic E-state index is -0.495. The molecule has 0 bridgehead atoms. The number of benzene rings is 2. The van der Waals surface area contributed by atoms with Crippen LogP contribution >= 0.6 is 11.8 Å². The summed E-state index contributed by atoms with van der Waals surface area (Å²) in [5.74, 6) is -0.393. The molecule has 0 amide bonds. The maximum Gasteiger partial charge on any atom is 0.339 e. The zero-order valence-corrected chi connectivity index (χ0v) is 14.5. The van der Waals surface area contributed by atoms with Gasteiger partial charge in [-0.1, -0.05) is 24.3 Å². The Labute approximate surface area is 146 Å². The van der Waals surface area contributed by atoms with Crippen LogP contribution in [0.25, 0.3) is 0 Å². The van der Waals surface area contributed by atoms with E-state index in [1.807, 2.05) is 30.3 Å². The van der Waals surface area contributed by atoms with Crippen LogP contribution in [0.1, 0.15) is 40.1 Å². The highest BCUT2D eigenvalue weighted by Gasteiger charge is 2.17. The van der Waals surface area contributed by atoms with E-state index in [-0.39, 0.29) is 24.3 Å². The SMILES string of the molecule is CCOC(=O)c1[c]c(C(=O)OCC)c(CSc2ccccc2)cc1. The molecule has 0 saturated heterocycles. The number of hydrogen-bond donors (Lipinski definition) is 0. The Morgan fingerprint density at radius 3 is 2.29 bits per heavy atom. The fourth-order valence-corrected chi connectivity index (χ4v) is 2.95. The number of esters is 2. The summed E-state index contributed by atoms with van der Waals surface area (Å²) in [5, 5.41) is 0. The summed E-state index contributed by atoms with van der Waals surface area (Å²) in [5.41, 5.74) is 1.29. The number of ether oxygens (including phenoxy) is 2. The van der Waals surface area contributed by atoms with Crippen molar-refractivity contribution >= 4 is 23.7 Å². The third-order valence-electron chi connectivity index (χ3n) is 3.14. The number of carbonyl (C=O) groups excluding carboxylic acids is 2. The third kappa shape index (κ3) is 4.86. The van der Waals surface area contributed by atoms with Crippen LogP contribution in [0.4, 0.5) is 0 Å². The molecular formula is C19H19O4S. The molecule has 0 saturated carbocycles. The van der Waals surface area contributed by atoms with Crippen LogP contribution < -0.4 is 0 Å². The van der Waals surface area contributed by atoms with Crippen LogP contribution in [0.5, 0.6) is 0 Å². The zero-order valence-electron chi connectivity index (χ0n) is 13.7. The van der Waals surface area contributed by atoms with Crippen LogP contribution in [-0.2, 0) is 15.2 Å². The minimum absolute atomic E-state index is 0.230. The molecule has 0 spiro atoms. The van der Waals surface area contributed by atoms with Gasteiger partial charge >= 0.3 is 11.9 Å². The van der Waals surface area contributed by atoms with Gasteiger partial charge in [-0.15, -0.1) is 11.8 Å². The van der Waals surface area contributed by atoms with E-state index in [0.717, 1.165) is 10.5 Å². The van der Waals surface area contributed by atoms with E-state index in [0.29, 0.717) is 5.75 Å². The summed E-state index contributed by atoms with van der Waals surface area (Å²) in [6.45, 7) is 4.01. The molecule has 0 atom stereocenters. The van der Waals surface area contributed by atoms with Gasteiger partial charge in [0.1, 0.15) is 0 Å². The molecule has 1 radical (unpaired) electrons. The summed E-state index contributed by atoms with van der Waals surface area (Å²) >= 11 is 1.60. The molecule has 0 heterocycles. The van der Waals surface area contributed by atoms with Crippen LogP contribution in [0, 0.1) is 6.07 Å². The van der Waals surface area contributed by atoms with Gasteiger partial charge in [-0.25, -0.2) is 9.59 Å². The molecule has 5 heteroatoms. The Hall–Kier alpha value is -2.27. The first-order valence-electron chi connectivity index (χ1n) is 7.73. The van der Waals surface area contributed by atoms with E-state index in [1.54, 1.807) is 37.7 Å². The van der Waals surface area contributed by atoms with Crippen molar-refractivity contribution in [2.75, 3.05) is 13.2 Å². The highest BCUT2D eigenvalue weighted by atomic mass is 32.2. The van der Waals surface area contributed by atoms with E-state index in [4.69, 9.17) is 9.47 Å². The van der Waals surface area contributed by atoms with Gasteiger partial charge in [0, 0.05) is 16.7 Å². The number of hydrogen-bond acceptors (Lipinski definition) is 5. The van der Waals surface area contributed by atoms with E-state index in [1.165, 1.54) is 0 Å². The normalized spacial score (nSPS) is 10.2. The molecule has 2 rings (SSSR count). The van der Waals surface area contributed by atoms with Crippen molar-refractivity contribution in [2.24, 2.45) is 0 Å². The molecule has 0 aliphatic carbocycles. The standard InChI is InChI=1S/C19H19O4S/c1-3-22-18(20)14-10-11-15(17(12-14)19(21)23-4-2)13-24-16-8-6-5-7-9-16/h5-11H,3-4,13H2,1-2H3. The fourth-order valence-electron chi connectivity index (χ4n) is 2.04. The molecule has 0 aliphatic heterocycles. The van der Waals surface area contributed by atoms with Gasteiger partial charge in [0.2, 0.25) is 0 Å². The van der Waals surface area contributed by atoms with Crippen LogP contribution in [0.3, 0.4) is 0 Å². The lowest BCUT2D eigenvalue weighted by atomic mass is 10.1. The summed E-state index contributed by atoms with van der Waals surface area (Å²) in [6, 6.07) is 16.1. The number of rotatable bonds is 7. The van der Waals surface area contributed by atoms with Crippen LogP contribution in [0.2, 0.25) is 0 Å². The van der Waals surface area contributed by atoms with Crippen molar-refractivity contribution < 1.29 is 19.1 Å². The largest absolute Gasteiger partial charge is 0.462 e.